The monoisotopic (exact) mass is 563 g/mol. The van der Waals surface area contributed by atoms with Crippen LogP contribution in [0.4, 0.5) is 0 Å². The predicted molar refractivity (Wildman–Crippen MR) is 159 cm³/mol. The lowest BCUT2D eigenvalue weighted by atomic mass is 9.93. The highest BCUT2D eigenvalue weighted by Gasteiger charge is 2.26. The van der Waals surface area contributed by atoms with Crippen molar-refractivity contribution in [2.75, 3.05) is 19.7 Å². The van der Waals surface area contributed by atoms with Gasteiger partial charge in [-0.05, 0) is 68.8 Å². The van der Waals surface area contributed by atoms with Gasteiger partial charge in [-0.3, -0.25) is 4.90 Å². The molecule has 2 saturated heterocycles. The van der Waals surface area contributed by atoms with Crippen molar-refractivity contribution in [2.24, 2.45) is 0 Å². The van der Waals surface area contributed by atoms with E-state index < -0.39 is 5.97 Å². The molecule has 2 aliphatic rings. The van der Waals surface area contributed by atoms with Crippen molar-refractivity contribution in [2.45, 2.75) is 51.0 Å². The summed E-state index contributed by atoms with van der Waals surface area (Å²) >= 11 is 0. The fourth-order valence-corrected chi connectivity index (χ4v) is 5.92. The number of imidazole rings is 1. The van der Waals surface area contributed by atoms with Crippen LogP contribution in [0, 0.1) is 0 Å². The second-order valence-corrected chi connectivity index (χ2v) is 11.2. The number of benzene rings is 2. The van der Waals surface area contributed by atoms with Gasteiger partial charge in [0.25, 0.3) is 0 Å². The second-order valence-electron chi connectivity index (χ2n) is 11.2. The molecular formula is C33H33N5O4. The standard InChI is InChI=1S/C33H33N5O4/c39-33(40)24-9-11-29-30(18-24)38(19-26-14-17-41-26)31(35-29)20-37-15-12-23(13-16-37)28-6-3-7-32(36-28)42-21-25-10-8-22-4-1-2-5-27(22)34-25/h1-11,18,23,26H,12-17,19-21H2,(H,39,40). The van der Waals surface area contributed by atoms with Gasteiger partial charge in [0.1, 0.15) is 12.4 Å². The van der Waals surface area contributed by atoms with Gasteiger partial charge < -0.3 is 19.1 Å². The number of hydrogen-bond acceptors (Lipinski definition) is 7. The third-order valence-corrected chi connectivity index (χ3v) is 8.39. The Morgan fingerprint density at radius 3 is 2.60 bits per heavy atom. The number of aromatic carboxylic acids is 1. The lowest BCUT2D eigenvalue weighted by Crippen LogP contribution is -2.35. The zero-order valence-electron chi connectivity index (χ0n) is 23.4. The van der Waals surface area contributed by atoms with Crippen LogP contribution in [-0.4, -0.2) is 61.3 Å². The third kappa shape index (κ3) is 5.57. The maximum absolute atomic E-state index is 11.6. The largest absolute Gasteiger partial charge is 0.478 e. The highest BCUT2D eigenvalue weighted by Crippen LogP contribution is 2.30. The van der Waals surface area contributed by atoms with Crippen LogP contribution in [0.3, 0.4) is 0 Å². The highest BCUT2D eigenvalue weighted by atomic mass is 16.5. The molecule has 2 fully saturated rings. The average Bonchev–Trinajstić information content (AvgIpc) is 3.34. The van der Waals surface area contributed by atoms with E-state index in [2.05, 4.69) is 27.7 Å². The number of ether oxygens (including phenoxy) is 2. The SMILES string of the molecule is O=C(O)c1ccc2nc(CN3CCC(c4cccc(OCc5ccc6ccccc6n5)n4)CC3)n(CC3CCO3)c2c1. The van der Waals surface area contributed by atoms with E-state index in [-0.39, 0.29) is 11.7 Å². The van der Waals surface area contributed by atoms with Gasteiger partial charge in [0.2, 0.25) is 5.88 Å². The lowest BCUT2D eigenvalue weighted by Gasteiger charge is -2.32. The molecule has 0 aliphatic carbocycles. The molecule has 0 radical (unpaired) electrons. The van der Waals surface area contributed by atoms with Gasteiger partial charge >= 0.3 is 5.97 Å². The number of aromatic nitrogens is 4. The molecule has 1 N–H and O–H groups in total. The number of pyridine rings is 2. The molecule has 42 heavy (non-hydrogen) atoms. The minimum absolute atomic E-state index is 0.151. The fourth-order valence-electron chi connectivity index (χ4n) is 5.92. The van der Waals surface area contributed by atoms with Gasteiger partial charge in [-0.2, -0.15) is 0 Å². The van der Waals surface area contributed by atoms with E-state index in [0.717, 1.165) is 78.1 Å². The smallest absolute Gasteiger partial charge is 0.335 e. The first-order valence-electron chi connectivity index (χ1n) is 14.6. The summed E-state index contributed by atoms with van der Waals surface area (Å²) in [6.45, 7) is 4.42. The number of fused-ring (bicyclic) bond motifs is 2. The number of rotatable bonds is 9. The fraction of sp³-hybridized carbons (Fsp3) is 0.333. The van der Waals surface area contributed by atoms with E-state index in [1.807, 2.05) is 42.5 Å². The van der Waals surface area contributed by atoms with Crippen LogP contribution in [0.2, 0.25) is 0 Å². The van der Waals surface area contributed by atoms with Crippen molar-refractivity contribution in [1.82, 2.24) is 24.4 Å². The maximum atomic E-state index is 11.6. The quantitative estimate of drug-likeness (QED) is 0.254. The third-order valence-electron chi connectivity index (χ3n) is 8.39. The van der Waals surface area contributed by atoms with Gasteiger partial charge in [0.05, 0.1) is 47.0 Å². The Balaban J connectivity index is 1.000. The first-order valence-corrected chi connectivity index (χ1v) is 14.6. The van der Waals surface area contributed by atoms with E-state index >= 15 is 0 Å². The summed E-state index contributed by atoms with van der Waals surface area (Å²) in [7, 11) is 0. The molecule has 0 bridgehead atoms. The van der Waals surface area contributed by atoms with E-state index in [9.17, 15) is 9.90 Å². The highest BCUT2D eigenvalue weighted by molar-refractivity contribution is 5.92. The number of para-hydroxylation sites is 1. The molecule has 9 heteroatoms. The summed E-state index contributed by atoms with van der Waals surface area (Å²) in [6, 6.07) is 23.3. The van der Waals surface area contributed by atoms with Crippen LogP contribution in [0.25, 0.3) is 21.9 Å². The molecule has 7 rings (SSSR count). The molecule has 9 nitrogen and oxygen atoms in total. The van der Waals surface area contributed by atoms with Crippen molar-refractivity contribution in [1.29, 1.82) is 0 Å². The van der Waals surface area contributed by atoms with Crippen molar-refractivity contribution in [3.8, 4) is 5.88 Å². The molecule has 0 saturated carbocycles. The van der Waals surface area contributed by atoms with E-state index in [1.54, 1.807) is 12.1 Å². The van der Waals surface area contributed by atoms with Crippen molar-refractivity contribution >= 4 is 27.9 Å². The Morgan fingerprint density at radius 1 is 0.929 bits per heavy atom. The van der Waals surface area contributed by atoms with Gasteiger partial charge in [-0.25, -0.2) is 19.7 Å². The summed E-state index contributed by atoms with van der Waals surface area (Å²) in [6.07, 6.45) is 3.16. The van der Waals surface area contributed by atoms with Crippen LogP contribution < -0.4 is 4.74 Å². The molecule has 2 aliphatic heterocycles. The summed E-state index contributed by atoms with van der Waals surface area (Å²) in [5.41, 5.74) is 4.86. The number of carboxylic acid groups (broad SMARTS) is 1. The topological polar surface area (TPSA) is 103 Å². The molecule has 3 aromatic heterocycles. The Labute approximate surface area is 243 Å². The van der Waals surface area contributed by atoms with Crippen molar-refractivity contribution < 1.29 is 19.4 Å². The Morgan fingerprint density at radius 2 is 1.79 bits per heavy atom. The first kappa shape index (κ1) is 26.6. The molecule has 5 aromatic rings. The van der Waals surface area contributed by atoms with Crippen LogP contribution in [0.1, 0.15) is 52.8 Å². The molecule has 5 heterocycles. The minimum atomic E-state index is -0.929. The maximum Gasteiger partial charge on any atom is 0.335 e. The molecule has 0 spiro atoms. The number of nitrogens with zero attached hydrogens (tertiary/aromatic N) is 5. The number of hydrogen-bond donors (Lipinski definition) is 1. The van der Waals surface area contributed by atoms with Crippen LogP contribution >= 0.6 is 0 Å². The van der Waals surface area contributed by atoms with Crippen molar-refractivity contribution in [3.63, 3.8) is 0 Å². The Hall–Kier alpha value is -4.34. The molecule has 1 unspecified atom stereocenters. The average molecular weight is 564 g/mol. The summed E-state index contributed by atoms with van der Waals surface area (Å²) in [5.74, 6) is 1.01. The van der Waals surface area contributed by atoms with Gasteiger partial charge in [0, 0.05) is 29.7 Å². The van der Waals surface area contributed by atoms with Gasteiger partial charge in [-0.1, -0.05) is 30.3 Å². The van der Waals surface area contributed by atoms with Gasteiger partial charge in [0.15, 0.2) is 0 Å². The van der Waals surface area contributed by atoms with E-state index in [4.69, 9.17) is 24.4 Å². The second kappa shape index (κ2) is 11.5. The predicted octanol–water partition coefficient (Wildman–Crippen LogP) is 5.43. The number of carboxylic acids is 1. The van der Waals surface area contributed by atoms with Crippen molar-refractivity contribution in [3.05, 3.63) is 95.6 Å². The van der Waals surface area contributed by atoms with Crippen LogP contribution in [0.5, 0.6) is 5.88 Å². The molecule has 0 amide bonds. The van der Waals surface area contributed by atoms with Gasteiger partial charge in [-0.15, -0.1) is 0 Å². The lowest BCUT2D eigenvalue weighted by molar-refractivity contribution is -0.0592. The molecule has 214 valence electrons. The summed E-state index contributed by atoms with van der Waals surface area (Å²) in [4.78, 5) is 28.5. The number of piperidine rings is 1. The first-order chi connectivity index (χ1) is 20.6. The zero-order valence-corrected chi connectivity index (χ0v) is 23.4. The van der Waals surface area contributed by atoms with E-state index in [0.29, 0.717) is 31.5 Å². The minimum Gasteiger partial charge on any atom is -0.478 e. The normalized spacial score (nSPS) is 17.9. The molecular weight excluding hydrogens is 530 g/mol. The molecule has 1 atom stereocenters. The Bertz CT molecular complexity index is 1740. The number of likely N-dealkylation sites (tertiary alicyclic amines) is 1. The number of carbonyl (C=O) groups is 1. The Kier molecular flexibility index (Phi) is 7.27. The van der Waals surface area contributed by atoms with Crippen LogP contribution in [0.15, 0.2) is 72.8 Å². The zero-order chi connectivity index (χ0) is 28.5. The van der Waals surface area contributed by atoms with Crippen LogP contribution in [-0.2, 0) is 24.4 Å². The summed E-state index contributed by atoms with van der Waals surface area (Å²) in [5, 5.41) is 10.6. The molecule has 2 aromatic carbocycles. The van der Waals surface area contributed by atoms with E-state index in [1.165, 1.54) is 0 Å². The summed E-state index contributed by atoms with van der Waals surface area (Å²) < 4.78 is 13.9.